The Hall–Kier alpha value is -0.610. The van der Waals surface area contributed by atoms with Crippen molar-refractivity contribution in [3.05, 3.63) is 0 Å². The maximum absolute atomic E-state index is 14.6. The maximum atomic E-state index is 14.6. The molecular weight excluding hydrogens is 426 g/mol. The second-order valence-electron chi connectivity index (χ2n) is 11.7. The van der Waals surface area contributed by atoms with Gasteiger partial charge < -0.3 is 29.2 Å². The van der Waals surface area contributed by atoms with Crippen LogP contribution in [0.3, 0.4) is 0 Å². The van der Waals surface area contributed by atoms with E-state index in [9.17, 15) is 15.0 Å². The van der Waals surface area contributed by atoms with E-state index in [0.717, 1.165) is 19.3 Å². The van der Waals surface area contributed by atoms with Crippen LogP contribution in [-0.4, -0.2) is 105 Å². The molecule has 1 heterocycles. The van der Waals surface area contributed by atoms with Crippen LogP contribution in [-0.2, 0) is 23.7 Å². The van der Waals surface area contributed by atoms with Gasteiger partial charge in [-0.15, -0.1) is 0 Å². The van der Waals surface area contributed by atoms with Crippen molar-refractivity contribution in [2.75, 3.05) is 48.1 Å². The molecule has 33 heavy (non-hydrogen) atoms. The molecule has 12 atom stereocenters. The summed E-state index contributed by atoms with van der Waals surface area (Å²) in [4.78, 5) is 16.9. The van der Waals surface area contributed by atoms with Crippen molar-refractivity contribution in [1.82, 2.24) is 4.90 Å². The van der Waals surface area contributed by atoms with Gasteiger partial charge in [0.1, 0.15) is 5.60 Å². The van der Waals surface area contributed by atoms with Crippen LogP contribution in [0.5, 0.6) is 0 Å². The highest BCUT2D eigenvalue weighted by atomic mass is 16.5. The number of Topliss-reactive ketones (excluding diaryl/α,β-unsaturated/α-hetero) is 1. The van der Waals surface area contributed by atoms with E-state index in [1.54, 1.807) is 28.4 Å². The van der Waals surface area contributed by atoms with Crippen LogP contribution in [0.15, 0.2) is 0 Å². The summed E-state index contributed by atoms with van der Waals surface area (Å²) < 4.78 is 23.9. The Kier molecular flexibility index (Phi) is 4.84. The largest absolute Gasteiger partial charge is 0.386 e. The molecule has 0 aromatic rings. The fourth-order valence-corrected chi connectivity index (χ4v) is 10.7. The zero-order chi connectivity index (χ0) is 23.6. The van der Waals surface area contributed by atoms with Crippen LogP contribution in [0.1, 0.15) is 32.6 Å². The number of rotatable bonds is 6. The number of hydrogen-bond acceptors (Lipinski definition) is 8. The minimum absolute atomic E-state index is 0.00449. The highest BCUT2D eigenvalue weighted by Gasteiger charge is 2.91. The Morgan fingerprint density at radius 3 is 2.48 bits per heavy atom. The summed E-state index contributed by atoms with van der Waals surface area (Å²) in [5.41, 5.74) is -4.48. The smallest absolute Gasteiger partial charge is 0.173 e. The predicted molar refractivity (Wildman–Crippen MR) is 118 cm³/mol. The van der Waals surface area contributed by atoms with Gasteiger partial charge in [-0.2, -0.15) is 0 Å². The SMILES string of the molecule is CCN1C[C@]2(COC)CC[C@H](OC)[C@]34C1[C@](O)(C(=O)[C@H]23)[C@@]1(O)C[C@H](OC)[C@H]2C[C@@H]4[C@@H]1[C@H]2OC. The topological polar surface area (TPSA) is 97.7 Å². The van der Waals surface area contributed by atoms with Gasteiger partial charge in [0.15, 0.2) is 11.4 Å². The van der Waals surface area contributed by atoms with Crippen molar-refractivity contribution in [1.29, 1.82) is 0 Å². The lowest BCUT2D eigenvalue weighted by Gasteiger charge is -2.69. The molecule has 1 saturated heterocycles. The van der Waals surface area contributed by atoms with E-state index in [2.05, 4.69) is 11.8 Å². The van der Waals surface area contributed by atoms with E-state index in [1.807, 2.05) is 0 Å². The first-order chi connectivity index (χ1) is 15.8. The normalized spacial score (nSPS) is 58.7. The summed E-state index contributed by atoms with van der Waals surface area (Å²) in [7, 11) is 6.78. The lowest BCUT2D eigenvalue weighted by atomic mass is 9.42. The fraction of sp³-hybridized carbons (Fsp3) is 0.960. The number of ketones is 1. The molecule has 1 unspecified atom stereocenters. The molecule has 5 saturated carbocycles. The molecule has 6 fully saturated rings. The van der Waals surface area contributed by atoms with Crippen molar-refractivity contribution in [3.63, 3.8) is 0 Å². The van der Waals surface area contributed by atoms with Crippen LogP contribution >= 0.6 is 0 Å². The van der Waals surface area contributed by atoms with E-state index in [1.165, 1.54) is 0 Å². The molecule has 2 N–H and O–H groups in total. The number of ether oxygens (including phenoxy) is 4. The van der Waals surface area contributed by atoms with Crippen LogP contribution in [0.4, 0.5) is 0 Å². The van der Waals surface area contributed by atoms with E-state index < -0.39 is 34.0 Å². The van der Waals surface area contributed by atoms with Crippen molar-refractivity contribution in [2.45, 2.75) is 68.2 Å². The lowest BCUT2D eigenvalue weighted by molar-refractivity contribution is -0.314. The summed E-state index contributed by atoms with van der Waals surface area (Å²) in [5.74, 6) is -0.826. The van der Waals surface area contributed by atoms with Crippen LogP contribution in [0.2, 0.25) is 0 Å². The molecule has 0 aromatic heterocycles. The van der Waals surface area contributed by atoms with Gasteiger partial charge in [0, 0.05) is 70.0 Å². The number of hydrogen-bond donors (Lipinski definition) is 2. The van der Waals surface area contributed by atoms with Crippen LogP contribution < -0.4 is 0 Å². The summed E-state index contributed by atoms with van der Waals surface area (Å²) in [5, 5.41) is 25.2. The third-order valence-electron chi connectivity index (χ3n) is 11.2. The summed E-state index contributed by atoms with van der Waals surface area (Å²) >= 11 is 0. The van der Waals surface area contributed by atoms with Gasteiger partial charge in [-0.1, -0.05) is 6.92 Å². The average molecular weight is 466 g/mol. The zero-order valence-corrected chi connectivity index (χ0v) is 20.5. The highest BCUT2D eigenvalue weighted by Crippen LogP contribution is 2.79. The standard InChI is InChI=1S/C25H39NO7/c1-6-26-11-22(12-30-2)8-7-16(32-4)24-14-9-13-15(31-3)10-23(28,17(14)18(13)33-5)25(29,21(24)26)20(27)19(22)24/h13-19,21,28-29H,6-12H2,1-5H3/t13-,14-,15+,16+,17-,18+,19-,21?,22+,23-,24+,25-/m1/s1. The molecule has 0 amide bonds. The molecule has 0 radical (unpaired) electrons. The van der Waals surface area contributed by atoms with Crippen molar-refractivity contribution in [2.24, 2.45) is 34.5 Å². The molecule has 8 heteroatoms. The molecule has 186 valence electrons. The summed E-state index contributed by atoms with van der Waals surface area (Å²) in [6.45, 7) is 3.93. The minimum atomic E-state index is -1.89. The van der Waals surface area contributed by atoms with Crippen molar-refractivity contribution in [3.8, 4) is 0 Å². The van der Waals surface area contributed by atoms with E-state index in [4.69, 9.17) is 18.9 Å². The number of likely N-dealkylation sites (tertiary alicyclic amines) is 1. The number of fused-ring (bicyclic) bond motifs is 2. The predicted octanol–water partition coefficient (Wildman–Crippen LogP) is 0.479. The second kappa shape index (κ2) is 6.99. The highest BCUT2D eigenvalue weighted by molar-refractivity contribution is 5.98. The molecule has 1 aliphatic heterocycles. The first-order valence-electron chi connectivity index (χ1n) is 12.6. The van der Waals surface area contributed by atoms with Crippen molar-refractivity contribution >= 4 is 5.78 Å². The summed E-state index contributed by atoms with van der Waals surface area (Å²) in [6.07, 6.45) is 1.99. The number of nitrogens with zero attached hydrogens (tertiary/aromatic N) is 1. The van der Waals surface area contributed by atoms with Gasteiger partial charge in [0.2, 0.25) is 0 Å². The van der Waals surface area contributed by atoms with Gasteiger partial charge in [0.05, 0.1) is 31.0 Å². The average Bonchev–Trinajstić information content (AvgIpc) is 3.21. The van der Waals surface area contributed by atoms with Gasteiger partial charge in [-0.3, -0.25) is 9.69 Å². The monoisotopic (exact) mass is 465 g/mol. The molecule has 6 aliphatic rings. The maximum Gasteiger partial charge on any atom is 0.173 e. The van der Waals surface area contributed by atoms with E-state index in [-0.39, 0.29) is 48.3 Å². The quantitative estimate of drug-likeness (QED) is 0.585. The molecule has 1 spiro atoms. The van der Waals surface area contributed by atoms with Gasteiger partial charge >= 0.3 is 0 Å². The first-order valence-corrected chi connectivity index (χ1v) is 12.6. The number of methoxy groups -OCH3 is 4. The Bertz CT molecular complexity index is 855. The number of piperidine rings is 1. The van der Waals surface area contributed by atoms with Crippen LogP contribution in [0, 0.1) is 34.5 Å². The third kappa shape index (κ3) is 2.15. The Labute approximate surface area is 195 Å². The molecular formula is C25H39NO7. The fourth-order valence-electron chi connectivity index (χ4n) is 10.7. The lowest BCUT2D eigenvalue weighted by Crippen LogP contribution is -2.81. The zero-order valence-electron chi connectivity index (χ0n) is 20.5. The van der Waals surface area contributed by atoms with Crippen molar-refractivity contribution < 1.29 is 34.0 Å². The minimum Gasteiger partial charge on any atom is -0.386 e. The van der Waals surface area contributed by atoms with E-state index >= 15 is 0 Å². The molecule has 7 bridgehead atoms. The number of aliphatic hydroxyl groups is 2. The van der Waals surface area contributed by atoms with Gasteiger partial charge in [-0.05, 0) is 31.7 Å². The number of likely N-dealkylation sites (N-methyl/N-ethyl adjacent to an activating group) is 1. The number of carbonyl (C=O) groups is 1. The Balaban J connectivity index is 1.67. The van der Waals surface area contributed by atoms with Gasteiger partial charge in [-0.25, -0.2) is 0 Å². The number of carbonyl (C=O) groups excluding carboxylic acids is 1. The molecule has 6 rings (SSSR count). The molecule has 8 nitrogen and oxygen atoms in total. The second-order valence-corrected chi connectivity index (χ2v) is 11.7. The Morgan fingerprint density at radius 1 is 1.12 bits per heavy atom. The third-order valence-corrected chi connectivity index (χ3v) is 11.2. The van der Waals surface area contributed by atoms with Gasteiger partial charge in [0.25, 0.3) is 0 Å². The van der Waals surface area contributed by atoms with E-state index in [0.29, 0.717) is 19.7 Å². The summed E-state index contributed by atoms with van der Waals surface area (Å²) in [6, 6.07) is -0.485. The Morgan fingerprint density at radius 2 is 1.88 bits per heavy atom. The molecule has 0 aromatic carbocycles. The molecule has 5 aliphatic carbocycles. The first kappa shape index (κ1) is 22.8. The van der Waals surface area contributed by atoms with Crippen LogP contribution in [0.25, 0.3) is 0 Å².